The van der Waals surface area contributed by atoms with Crippen LogP contribution in [0.4, 0.5) is 8.78 Å². The molecule has 2 aromatic carbocycles. The molecule has 2 rings (SSSR count). The second kappa shape index (κ2) is 9.12. The van der Waals surface area contributed by atoms with E-state index in [2.05, 4.69) is 15.4 Å². The fraction of sp³-hybridized carbons (Fsp3) is 0.167. The lowest BCUT2D eigenvalue weighted by molar-refractivity contribution is -0.0510. The first-order chi connectivity index (χ1) is 12.8. The Morgan fingerprint density at radius 1 is 1.15 bits per heavy atom. The molecule has 0 atom stereocenters. The maximum atomic E-state index is 12.4. The number of terminal acetylenes is 1. The molecule has 2 aromatic rings. The van der Waals surface area contributed by atoms with Gasteiger partial charge in [-0.05, 0) is 30.3 Å². The molecular weight excluding hydrogens is 380 g/mol. The van der Waals surface area contributed by atoms with E-state index in [-0.39, 0.29) is 34.9 Å². The summed E-state index contributed by atoms with van der Waals surface area (Å²) in [5.74, 6) is 1.31. The van der Waals surface area contributed by atoms with Gasteiger partial charge in [-0.3, -0.25) is 0 Å². The maximum Gasteiger partial charge on any atom is 0.387 e. The van der Waals surface area contributed by atoms with Gasteiger partial charge in [-0.15, -0.1) is 6.42 Å². The largest absolute Gasteiger partial charge is 0.457 e. The van der Waals surface area contributed by atoms with Gasteiger partial charge in [0, 0.05) is 5.56 Å². The highest BCUT2D eigenvalue weighted by molar-refractivity contribution is 7.89. The zero-order valence-corrected chi connectivity index (χ0v) is 14.7. The van der Waals surface area contributed by atoms with Crippen molar-refractivity contribution < 1.29 is 31.5 Å². The molecule has 0 unspecified atom stereocenters. The summed E-state index contributed by atoms with van der Waals surface area (Å²) in [6.45, 7) is -3.45. The van der Waals surface area contributed by atoms with Crippen molar-refractivity contribution in [1.29, 1.82) is 0 Å². The predicted molar refractivity (Wildman–Crippen MR) is 92.7 cm³/mol. The molecule has 0 radical (unpaired) electrons. The molecule has 0 fully saturated rings. The van der Waals surface area contributed by atoms with Crippen molar-refractivity contribution in [3.63, 3.8) is 0 Å². The van der Waals surface area contributed by atoms with Gasteiger partial charge in [-0.1, -0.05) is 24.1 Å². The minimum atomic E-state index is -3.77. The SMILES string of the molecule is C#CCNS(=O)(=O)c1ccc(C(=O)OCc2ccccc2OC(F)F)cc1. The molecule has 142 valence electrons. The second-order valence-electron chi connectivity index (χ2n) is 5.12. The van der Waals surface area contributed by atoms with Crippen LogP contribution in [-0.4, -0.2) is 27.5 Å². The molecule has 0 aliphatic rings. The summed E-state index contributed by atoms with van der Waals surface area (Å²) in [4.78, 5) is 12.0. The summed E-state index contributed by atoms with van der Waals surface area (Å²) in [6, 6.07) is 10.9. The Labute approximate surface area is 155 Å². The van der Waals surface area contributed by atoms with Gasteiger partial charge >= 0.3 is 12.6 Å². The van der Waals surface area contributed by atoms with Crippen molar-refractivity contribution in [1.82, 2.24) is 4.72 Å². The van der Waals surface area contributed by atoms with E-state index in [1.165, 1.54) is 42.5 Å². The van der Waals surface area contributed by atoms with Gasteiger partial charge in [0.25, 0.3) is 0 Å². The summed E-state index contributed by atoms with van der Waals surface area (Å²) in [7, 11) is -3.77. The lowest BCUT2D eigenvalue weighted by Crippen LogP contribution is -2.23. The molecule has 0 amide bonds. The monoisotopic (exact) mass is 395 g/mol. The number of esters is 1. The molecule has 0 bridgehead atoms. The number of hydrogen-bond donors (Lipinski definition) is 1. The standard InChI is InChI=1S/C18H15F2NO5S/c1-2-11-21-27(23,24)15-9-7-13(8-10-15)17(22)25-12-14-5-3-4-6-16(14)26-18(19)20/h1,3-10,18,21H,11-12H2. The number of hydrogen-bond acceptors (Lipinski definition) is 5. The number of nitrogens with one attached hydrogen (secondary N) is 1. The number of halogens is 2. The molecule has 27 heavy (non-hydrogen) atoms. The Balaban J connectivity index is 2.04. The molecule has 0 saturated carbocycles. The van der Waals surface area contributed by atoms with Crippen LogP contribution in [0.3, 0.4) is 0 Å². The van der Waals surface area contributed by atoms with E-state index in [0.29, 0.717) is 0 Å². The summed E-state index contributed by atoms with van der Waals surface area (Å²) in [5.41, 5.74) is 0.363. The smallest absolute Gasteiger partial charge is 0.387 e. The number of carbonyl (C=O) groups is 1. The van der Waals surface area contributed by atoms with E-state index in [9.17, 15) is 22.0 Å². The Bertz CT molecular complexity index is 937. The van der Waals surface area contributed by atoms with Crippen LogP contribution in [0.25, 0.3) is 0 Å². The Morgan fingerprint density at radius 3 is 2.44 bits per heavy atom. The number of para-hydroxylation sites is 1. The first-order valence-electron chi connectivity index (χ1n) is 7.56. The molecule has 0 saturated heterocycles. The summed E-state index contributed by atoms with van der Waals surface area (Å²) < 4.78 is 60.2. The average Bonchev–Trinajstić information content (AvgIpc) is 2.65. The number of sulfonamides is 1. The Kier molecular flexibility index (Phi) is 6.87. The van der Waals surface area contributed by atoms with Crippen molar-refractivity contribution in [2.75, 3.05) is 6.54 Å². The highest BCUT2D eigenvalue weighted by Crippen LogP contribution is 2.21. The summed E-state index contributed by atoms with van der Waals surface area (Å²) >= 11 is 0. The minimum absolute atomic E-state index is 0.0648. The number of alkyl halides is 2. The highest BCUT2D eigenvalue weighted by atomic mass is 32.2. The quantitative estimate of drug-likeness (QED) is 0.549. The summed E-state index contributed by atoms with van der Waals surface area (Å²) in [5, 5.41) is 0. The van der Waals surface area contributed by atoms with Crippen LogP contribution in [0, 0.1) is 12.3 Å². The van der Waals surface area contributed by atoms with Crippen LogP contribution in [0.2, 0.25) is 0 Å². The normalized spacial score (nSPS) is 11.0. The Hall–Kier alpha value is -2.96. The molecule has 6 nitrogen and oxygen atoms in total. The van der Waals surface area contributed by atoms with E-state index in [0.717, 1.165) is 0 Å². The van der Waals surface area contributed by atoms with Gasteiger partial charge in [0.15, 0.2) is 0 Å². The highest BCUT2D eigenvalue weighted by Gasteiger charge is 2.16. The van der Waals surface area contributed by atoms with E-state index >= 15 is 0 Å². The van der Waals surface area contributed by atoms with Crippen LogP contribution in [-0.2, 0) is 21.4 Å². The van der Waals surface area contributed by atoms with Crippen LogP contribution in [0.15, 0.2) is 53.4 Å². The van der Waals surface area contributed by atoms with Crippen LogP contribution >= 0.6 is 0 Å². The molecule has 9 heteroatoms. The zero-order chi connectivity index (χ0) is 19.9. The number of ether oxygens (including phenoxy) is 2. The van der Waals surface area contributed by atoms with Crippen molar-refractivity contribution in [3.05, 3.63) is 59.7 Å². The van der Waals surface area contributed by atoms with Gasteiger partial charge in [-0.2, -0.15) is 13.5 Å². The van der Waals surface area contributed by atoms with Gasteiger partial charge in [-0.25, -0.2) is 13.2 Å². The predicted octanol–water partition coefficient (Wildman–Crippen LogP) is 2.56. The molecule has 0 spiro atoms. The second-order valence-corrected chi connectivity index (χ2v) is 6.88. The minimum Gasteiger partial charge on any atom is -0.457 e. The number of rotatable bonds is 8. The molecule has 0 aliphatic carbocycles. The lowest BCUT2D eigenvalue weighted by atomic mass is 10.2. The maximum absolute atomic E-state index is 12.4. The fourth-order valence-electron chi connectivity index (χ4n) is 2.05. The molecular formula is C18H15F2NO5S. The lowest BCUT2D eigenvalue weighted by Gasteiger charge is -2.11. The third-order valence-corrected chi connectivity index (χ3v) is 4.73. The van der Waals surface area contributed by atoms with E-state index in [1.807, 2.05) is 0 Å². The van der Waals surface area contributed by atoms with Gasteiger partial charge in [0.1, 0.15) is 12.4 Å². The zero-order valence-electron chi connectivity index (χ0n) is 13.9. The van der Waals surface area contributed by atoms with Crippen LogP contribution in [0.1, 0.15) is 15.9 Å². The van der Waals surface area contributed by atoms with Gasteiger partial charge in [0.05, 0.1) is 17.0 Å². The van der Waals surface area contributed by atoms with E-state index in [1.54, 1.807) is 6.07 Å². The van der Waals surface area contributed by atoms with Crippen molar-refractivity contribution in [3.8, 4) is 18.1 Å². The fourth-order valence-corrected chi connectivity index (χ4v) is 2.99. The summed E-state index contributed by atoms with van der Waals surface area (Å²) in [6.07, 6.45) is 5.01. The van der Waals surface area contributed by atoms with Crippen molar-refractivity contribution >= 4 is 16.0 Å². The molecule has 0 aliphatic heterocycles. The first kappa shape index (κ1) is 20.4. The van der Waals surface area contributed by atoms with Crippen LogP contribution in [0.5, 0.6) is 5.75 Å². The van der Waals surface area contributed by atoms with Gasteiger partial charge in [0.2, 0.25) is 10.0 Å². The molecule has 0 heterocycles. The average molecular weight is 395 g/mol. The third kappa shape index (κ3) is 5.77. The van der Waals surface area contributed by atoms with Crippen LogP contribution < -0.4 is 9.46 Å². The van der Waals surface area contributed by atoms with Gasteiger partial charge < -0.3 is 9.47 Å². The molecule has 1 N–H and O–H groups in total. The molecule has 0 aromatic heterocycles. The first-order valence-corrected chi connectivity index (χ1v) is 9.05. The number of benzene rings is 2. The number of carbonyl (C=O) groups excluding carboxylic acids is 1. The third-order valence-electron chi connectivity index (χ3n) is 3.31. The topological polar surface area (TPSA) is 81.7 Å². The van der Waals surface area contributed by atoms with E-state index < -0.39 is 22.6 Å². The Morgan fingerprint density at radius 2 is 1.81 bits per heavy atom. The van der Waals surface area contributed by atoms with Crippen molar-refractivity contribution in [2.45, 2.75) is 18.1 Å². The van der Waals surface area contributed by atoms with Crippen molar-refractivity contribution in [2.24, 2.45) is 0 Å². The van der Waals surface area contributed by atoms with E-state index in [4.69, 9.17) is 11.2 Å².